The van der Waals surface area contributed by atoms with Gasteiger partial charge in [-0.2, -0.15) is 0 Å². The SMILES string of the molecule is C[C@H](NC(=O)OCC1c2ccccc2-c2ccccc21)C(=O)O[C@@H](C)[C@@H](NC(=O)OC(C)(C)C)C(=O)O. The van der Waals surface area contributed by atoms with Gasteiger partial charge >= 0.3 is 24.1 Å². The van der Waals surface area contributed by atoms with E-state index in [1.807, 2.05) is 48.5 Å². The van der Waals surface area contributed by atoms with Crippen molar-refractivity contribution < 1.29 is 38.5 Å². The van der Waals surface area contributed by atoms with Crippen LogP contribution in [0.3, 0.4) is 0 Å². The normalized spacial score (nSPS) is 14.8. The lowest BCUT2D eigenvalue weighted by molar-refractivity contribution is -0.156. The van der Waals surface area contributed by atoms with E-state index in [0.717, 1.165) is 22.3 Å². The molecule has 10 heteroatoms. The molecule has 1 aliphatic carbocycles. The number of alkyl carbamates (subject to hydrolysis) is 2. The molecule has 0 fully saturated rings. The highest BCUT2D eigenvalue weighted by molar-refractivity contribution is 5.84. The van der Waals surface area contributed by atoms with Crippen molar-refractivity contribution in [3.05, 3.63) is 59.7 Å². The molecule has 0 aromatic heterocycles. The Morgan fingerprint density at radius 3 is 1.95 bits per heavy atom. The summed E-state index contributed by atoms with van der Waals surface area (Å²) in [5.41, 5.74) is 3.44. The highest BCUT2D eigenvalue weighted by Crippen LogP contribution is 2.44. The smallest absolute Gasteiger partial charge is 0.408 e. The number of aliphatic carboxylic acids is 1. The maximum Gasteiger partial charge on any atom is 0.408 e. The fourth-order valence-corrected chi connectivity index (χ4v) is 4.04. The second-order valence-electron chi connectivity index (χ2n) is 9.80. The maximum atomic E-state index is 12.5. The zero-order chi connectivity index (χ0) is 27.3. The van der Waals surface area contributed by atoms with Crippen LogP contribution >= 0.6 is 0 Å². The molecule has 37 heavy (non-hydrogen) atoms. The number of hydrogen-bond acceptors (Lipinski definition) is 7. The van der Waals surface area contributed by atoms with E-state index in [-0.39, 0.29) is 12.5 Å². The van der Waals surface area contributed by atoms with Gasteiger partial charge in [0.15, 0.2) is 6.04 Å². The Hall–Kier alpha value is -4.08. The Balaban J connectivity index is 1.54. The number of nitrogens with one attached hydrogen (secondary N) is 2. The van der Waals surface area contributed by atoms with Crippen molar-refractivity contribution in [1.29, 1.82) is 0 Å². The molecule has 2 aromatic rings. The van der Waals surface area contributed by atoms with Crippen LogP contribution in [0.5, 0.6) is 0 Å². The standard InChI is InChI=1S/C27H32N2O8/c1-15(24(32)36-16(2)22(23(30)31)29-26(34)37-27(3,4)5)28-25(33)35-14-21-19-12-8-6-10-17(19)18-11-7-9-13-20(18)21/h6-13,15-16,21-22H,14H2,1-5H3,(H,28,33)(H,29,34)(H,30,31)/t15-,16-,22+/m0/s1. The van der Waals surface area contributed by atoms with Gasteiger partial charge in [0.25, 0.3) is 0 Å². The summed E-state index contributed by atoms with van der Waals surface area (Å²) in [6, 6.07) is 13.1. The lowest BCUT2D eigenvalue weighted by atomic mass is 9.98. The van der Waals surface area contributed by atoms with E-state index in [4.69, 9.17) is 14.2 Å². The average molecular weight is 513 g/mol. The number of fused-ring (bicyclic) bond motifs is 3. The number of benzene rings is 2. The molecule has 10 nitrogen and oxygen atoms in total. The summed E-state index contributed by atoms with van der Waals surface area (Å²) < 4.78 is 15.7. The third-order valence-corrected chi connectivity index (χ3v) is 5.74. The van der Waals surface area contributed by atoms with Gasteiger partial charge in [0.05, 0.1) is 0 Å². The molecular weight excluding hydrogens is 480 g/mol. The lowest BCUT2D eigenvalue weighted by Gasteiger charge is -2.25. The highest BCUT2D eigenvalue weighted by Gasteiger charge is 2.33. The third kappa shape index (κ3) is 6.99. The minimum Gasteiger partial charge on any atom is -0.480 e. The number of amides is 2. The molecule has 0 bridgehead atoms. The average Bonchev–Trinajstić information content (AvgIpc) is 3.13. The molecule has 3 atom stereocenters. The van der Waals surface area contributed by atoms with Gasteiger partial charge in [-0.25, -0.2) is 19.2 Å². The van der Waals surface area contributed by atoms with E-state index >= 15 is 0 Å². The number of carbonyl (C=O) groups excluding carboxylic acids is 3. The van der Waals surface area contributed by atoms with Gasteiger partial charge in [0.2, 0.25) is 0 Å². The Morgan fingerprint density at radius 2 is 1.43 bits per heavy atom. The monoisotopic (exact) mass is 512 g/mol. The number of carboxylic acids is 1. The Labute approximate surface area is 215 Å². The van der Waals surface area contributed by atoms with Crippen molar-refractivity contribution >= 4 is 24.1 Å². The third-order valence-electron chi connectivity index (χ3n) is 5.74. The fourth-order valence-electron chi connectivity index (χ4n) is 4.04. The summed E-state index contributed by atoms with van der Waals surface area (Å²) in [6.45, 7) is 7.65. The molecule has 2 amide bonds. The van der Waals surface area contributed by atoms with Gasteiger partial charge in [-0.05, 0) is 56.9 Å². The summed E-state index contributed by atoms with van der Waals surface area (Å²) in [6.07, 6.45) is -3.03. The first-order chi connectivity index (χ1) is 17.4. The van der Waals surface area contributed by atoms with E-state index in [0.29, 0.717) is 0 Å². The Kier molecular flexibility index (Phi) is 8.42. The van der Waals surface area contributed by atoms with Crippen LogP contribution in [0.2, 0.25) is 0 Å². The van der Waals surface area contributed by atoms with Crippen LogP contribution in [0.25, 0.3) is 11.1 Å². The van der Waals surface area contributed by atoms with E-state index in [2.05, 4.69) is 10.6 Å². The second kappa shape index (κ2) is 11.3. The molecular formula is C27H32N2O8. The van der Waals surface area contributed by atoms with Gasteiger partial charge in [-0.1, -0.05) is 48.5 Å². The number of carbonyl (C=O) groups is 4. The van der Waals surface area contributed by atoms with Crippen molar-refractivity contribution in [1.82, 2.24) is 10.6 Å². The van der Waals surface area contributed by atoms with E-state index in [1.165, 1.54) is 13.8 Å². The minimum absolute atomic E-state index is 0.0684. The first-order valence-electron chi connectivity index (χ1n) is 11.9. The molecule has 0 radical (unpaired) electrons. The zero-order valence-electron chi connectivity index (χ0n) is 21.4. The molecule has 0 spiro atoms. The van der Waals surface area contributed by atoms with Crippen LogP contribution in [-0.2, 0) is 23.8 Å². The molecule has 3 rings (SSSR count). The predicted molar refractivity (Wildman–Crippen MR) is 134 cm³/mol. The topological polar surface area (TPSA) is 140 Å². The summed E-state index contributed by atoms with van der Waals surface area (Å²) in [5, 5.41) is 14.0. The van der Waals surface area contributed by atoms with Crippen molar-refractivity contribution in [2.45, 2.75) is 64.3 Å². The summed E-state index contributed by atoms with van der Waals surface area (Å²) in [7, 11) is 0. The van der Waals surface area contributed by atoms with Crippen molar-refractivity contribution in [3.63, 3.8) is 0 Å². The molecule has 0 heterocycles. The fraction of sp³-hybridized carbons (Fsp3) is 0.407. The zero-order valence-corrected chi connectivity index (χ0v) is 21.4. The summed E-state index contributed by atoms with van der Waals surface area (Å²) >= 11 is 0. The van der Waals surface area contributed by atoms with E-state index in [9.17, 15) is 24.3 Å². The van der Waals surface area contributed by atoms with Crippen LogP contribution < -0.4 is 10.6 Å². The van der Waals surface area contributed by atoms with Crippen LogP contribution in [-0.4, -0.2) is 59.6 Å². The summed E-state index contributed by atoms with van der Waals surface area (Å²) in [4.78, 5) is 48.5. The number of esters is 1. The van der Waals surface area contributed by atoms with Crippen LogP contribution in [0, 0.1) is 0 Å². The van der Waals surface area contributed by atoms with Crippen LogP contribution in [0.15, 0.2) is 48.5 Å². The second-order valence-corrected chi connectivity index (χ2v) is 9.80. The summed E-state index contributed by atoms with van der Waals surface area (Å²) in [5.74, 6) is -2.45. The van der Waals surface area contributed by atoms with Gasteiger partial charge in [0.1, 0.15) is 24.4 Å². The molecule has 3 N–H and O–H groups in total. The van der Waals surface area contributed by atoms with Crippen LogP contribution in [0.1, 0.15) is 51.7 Å². The quantitative estimate of drug-likeness (QED) is 0.358. The van der Waals surface area contributed by atoms with Gasteiger partial charge < -0.3 is 30.0 Å². The van der Waals surface area contributed by atoms with E-state index in [1.54, 1.807) is 20.8 Å². The van der Waals surface area contributed by atoms with Crippen molar-refractivity contribution in [2.24, 2.45) is 0 Å². The molecule has 1 aliphatic rings. The molecule has 0 unspecified atom stereocenters. The number of rotatable bonds is 8. The Bertz CT molecular complexity index is 1130. The number of ether oxygens (including phenoxy) is 3. The molecule has 198 valence electrons. The number of carboxylic acid groups (broad SMARTS) is 1. The molecule has 2 aromatic carbocycles. The lowest BCUT2D eigenvalue weighted by Crippen LogP contribution is -2.51. The Morgan fingerprint density at radius 1 is 0.892 bits per heavy atom. The molecule has 0 saturated carbocycles. The van der Waals surface area contributed by atoms with Crippen LogP contribution in [0.4, 0.5) is 9.59 Å². The molecule has 0 aliphatic heterocycles. The van der Waals surface area contributed by atoms with Gasteiger partial charge in [-0.15, -0.1) is 0 Å². The van der Waals surface area contributed by atoms with E-state index < -0.39 is 47.9 Å². The van der Waals surface area contributed by atoms with Gasteiger partial charge in [-0.3, -0.25) is 0 Å². The van der Waals surface area contributed by atoms with Gasteiger partial charge in [0, 0.05) is 5.92 Å². The van der Waals surface area contributed by atoms with Crippen molar-refractivity contribution in [3.8, 4) is 11.1 Å². The van der Waals surface area contributed by atoms with Crippen molar-refractivity contribution in [2.75, 3.05) is 6.61 Å². The number of hydrogen-bond donors (Lipinski definition) is 3. The predicted octanol–water partition coefficient (Wildman–Crippen LogP) is 3.82. The maximum absolute atomic E-state index is 12.5. The molecule has 0 saturated heterocycles. The highest BCUT2D eigenvalue weighted by atomic mass is 16.6. The first-order valence-corrected chi connectivity index (χ1v) is 11.9. The minimum atomic E-state index is -1.56. The largest absolute Gasteiger partial charge is 0.480 e. The first kappa shape index (κ1) is 27.5.